The van der Waals surface area contributed by atoms with Gasteiger partial charge in [0.2, 0.25) is 5.91 Å². The highest BCUT2D eigenvalue weighted by Gasteiger charge is 2.42. The number of hydrogen-bond donors (Lipinski definition) is 2. The molecule has 0 spiro atoms. The lowest BCUT2D eigenvalue weighted by Crippen LogP contribution is -2.38. The molecule has 2 fully saturated rings. The van der Waals surface area contributed by atoms with Crippen LogP contribution in [0.25, 0.3) is 0 Å². The van der Waals surface area contributed by atoms with Gasteiger partial charge in [-0.25, -0.2) is 0 Å². The number of carbonyl (C=O) groups excluding carboxylic acids is 2. The zero-order valence-electron chi connectivity index (χ0n) is 16.7. The fourth-order valence-corrected chi connectivity index (χ4v) is 4.45. The van der Waals surface area contributed by atoms with Crippen LogP contribution in [0, 0.1) is 0 Å². The summed E-state index contributed by atoms with van der Waals surface area (Å²) < 4.78 is 5.53. The van der Waals surface area contributed by atoms with Gasteiger partial charge in [0.05, 0.1) is 11.5 Å². The van der Waals surface area contributed by atoms with E-state index in [1.807, 2.05) is 30.3 Å². The molecule has 2 N–H and O–H groups in total. The van der Waals surface area contributed by atoms with Crippen molar-refractivity contribution in [1.82, 2.24) is 5.32 Å². The maximum absolute atomic E-state index is 13.2. The SMILES string of the molecule is O=C(NC[C@@H]1CCCO1)c1ccc(NC(=O)C2(c3ccccc3)CCCC2)cc1. The molecule has 29 heavy (non-hydrogen) atoms. The largest absolute Gasteiger partial charge is 0.376 e. The van der Waals surface area contributed by atoms with Gasteiger partial charge in [0.1, 0.15) is 0 Å². The van der Waals surface area contributed by atoms with Gasteiger partial charge in [-0.15, -0.1) is 0 Å². The minimum absolute atomic E-state index is 0.0387. The van der Waals surface area contributed by atoms with Crippen LogP contribution in [0.1, 0.15) is 54.4 Å². The topological polar surface area (TPSA) is 67.4 Å². The maximum atomic E-state index is 13.2. The lowest BCUT2D eigenvalue weighted by atomic mass is 9.78. The standard InChI is InChI=1S/C24H28N2O3/c27-22(25-17-21-9-6-16-29-21)18-10-12-20(13-11-18)26-23(28)24(14-4-5-15-24)19-7-2-1-3-8-19/h1-3,7-8,10-13,21H,4-6,9,14-17H2,(H,25,27)(H,26,28)/t21-/m0/s1. The Morgan fingerprint density at radius 1 is 0.966 bits per heavy atom. The number of carbonyl (C=O) groups is 2. The molecule has 5 heteroatoms. The highest BCUT2D eigenvalue weighted by atomic mass is 16.5. The van der Waals surface area contributed by atoms with E-state index in [-0.39, 0.29) is 17.9 Å². The molecule has 4 rings (SSSR count). The van der Waals surface area contributed by atoms with Crippen LogP contribution in [-0.4, -0.2) is 31.1 Å². The van der Waals surface area contributed by atoms with Gasteiger partial charge in [0.15, 0.2) is 0 Å². The quantitative estimate of drug-likeness (QED) is 0.779. The summed E-state index contributed by atoms with van der Waals surface area (Å²) in [7, 11) is 0. The summed E-state index contributed by atoms with van der Waals surface area (Å²) in [4.78, 5) is 25.5. The Labute approximate surface area is 171 Å². The number of anilines is 1. The van der Waals surface area contributed by atoms with Crippen molar-refractivity contribution in [3.05, 3.63) is 65.7 Å². The highest BCUT2D eigenvalue weighted by molar-refractivity contribution is 6.00. The number of amides is 2. The second kappa shape index (κ2) is 8.78. The third-order valence-electron chi connectivity index (χ3n) is 6.14. The number of ether oxygens (including phenoxy) is 1. The highest BCUT2D eigenvalue weighted by Crippen LogP contribution is 2.42. The van der Waals surface area contributed by atoms with Crippen molar-refractivity contribution in [1.29, 1.82) is 0 Å². The van der Waals surface area contributed by atoms with Crippen LogP contribution in [-0.2, 0) is 14.9 Å². The number of hydrogen-bond acceptors (Lipinski definition) is 3. The Bertz CT molecular complexity index is 836. The third kappa shape index (κ3) is 4.35. The van der Waals surface area contributed by atoms with Gasteiger partial charge in [-0.2, -0.15) is 0 Å². The van der Waals surface area contributed by atoms with Gasteiger partial charge in [0, 0.05) is 24.4 Å². The van der Waals surface area contributed by atoms with Gasteiger partial charge >= 0.3 is 0 Å². The van der Waals surface area contributed by atoms with Gasteiger partial charge in [-0.3, -0.25) is 9.59 Å². The van der Waals surface area contributed by atoms with E-state index >= 15 is 0 Å². The zero-order valence-corrected chi connectivity index (χ0v) is 16.7. The molecule has 0 radical (unpaired) electrons. The van der Waals surface area contributed by atoms with Crippen molar-refractivity contribution in [3.63, 3.8) is 0 Å². The minimum atomic E-state index is -0.460. The molecular weight excluding hydrogens is 364 g/mol. The molecule has 2 aromatic rings. The fourth-order valence-electron chi connectivity index (χ4n) is 4.45. The summed E-state index contributed by atoms with van der Waals surface area (Å²) >= 11 is 0. The molecule has 1 aliphatic heterocycles. The Kier molecular flexibility index (Phi) is 5.95. The maximum Gasteiger partial charge on any atom is 0.251 e. The van der Waals surface area contributed by atoms with Gasteiger partial charge < -0.3 is 15.4 Å². The molecule has 2 aliphatic rings. The molecule has 1 heterocycles. The average molecular weight is 392 g/mol. The lowest BCUT2D eigenvalue weighted by molar-refractivity contribution is -0.121. The van der Waals surface area contributed by atoms with Crippen molar-refractivity contribution in [3.8, 4) is 0 Å². The summed E-state index contributed by atoms with van der Waals surface area (Å²) in [6, 6.07) is 17.2. The normalized spacial score (nSPS) is 20.3. The first-order valence-corrected chi connectivity index (χ1v) is 10.5. The van der Waals surface area contributed by atoms with Crippen LogP contribution in [0.4, 0.5) is 5.69 Å². The molecule has 0 bridgehead atoms. The first-order valence-electron chi connectivity index (χ1n) is 10.5. The van der Waals surface area contributed by atoms with Gasteiger partial charge in [-0.05, 0) is 55.5 Å². The average Bonchev–Trinajstić information content (AvgIpc) is 3.46. The van der Waals surface area contributed by atoms with Gasteiger partial charge in [0.25, 0.3) is 5.91 Å². The van der Waals surface area contributed by atoms with E-state index in [4.69, 9.17) is 4.74 Å². The smallest absolute Gasteiger partial charge is 0.251 e. The zero-order chi connectivity index (χ0) is 20.1. The molecule has 2 aromatic carbocycles. The van der Waals surface area contributed by atoms with Crippen LogP contribution in [0.15, 0.2) is 54.6 Å². The molecule has 0 aromatic heterocycles. The second-order valence-electron chi connectivity index (χ2n) is 8.03. The molecule has 5 nitrogen and oxygen atoms in total. The number of benzene rings is 2. The first-order chi connectivity index (χ1) is 14.2. The van der Waals surface area contributed by atoms with Crippen molar-refractivity contribution in [2.24, 2.45) is 0 Å². The summed E-state index contributed by atoms with van der Waals surface area (Å²) in [6.07, 6.45) is 6.03. The summed E-state index contributed by atoms with van der Waals surface area (Å²) in [5.74, 6) is -0.0771. The first kappa shape index (κ1) is 19.6. The van der Waals surface area contributed by atoms with E-state index in [1.54, 1.807) is 24.3 Å². The van der Waals surface area contributed by atoms with Crippen LogP contribution >= 0.6 is 0 Å². The van der Waals surface area contributed by atoms with Crippen LogP contribution in [0.2, 0.25) is 0 Å². The van der Waals surface area contributed by atoms with Crippen molar-refractivity contribution < 1.29 is 14.3 Å². The monoisotopic (exact) mass is 392 g/mol. The number of nitrogens with one attached hydrogen (secondary N) is 2. The van der Waals surface area contributed by atoms with E-state index < -0.39 is 5.41 Å². The van der Waals surface area contributed by atoms with E-state index in [2.05, 4.69) is 10.6 Å². The molecular formula is C24H28N2O3. The van der Waals surface area contributed by atoms with Crippen LogP contribution < -0.4 is 10.6 Å². The third-order valence-corrected chi connectivity index (χ3v) is 6.14. The molecule has 0 unspecified atom stereocenters. The van der Waals surface area contributed by atoms with E-state index in [9.17, 15) is 9.59 Å². The molecule has 1 saturated carbocycles. The summed E-state index contributed by atoms with van der Waals surface area (Å²) in [5, 5.41) is 6.00. The minimum Gasteiger partial charge on any atom is -0.376 e. The molecule has 1 aliphatic carbocycles. The van der Waals surface area contributed by atoms with E-state index in [0.29, 0.717) is 17.8 Å². The summed E-state index contributed by atoms with van der Waals surface area (Å²) in [5.41, 5.74) is 1.92. The lowest BCUT2D eigenvalue weighted by Gasteiger charge is -2.28. The van der Waals surface area contributed by atoms with Crippen LogP contribution in [0.5, 0.6) is 0 Å². The summed E-state index contributed by atoms with van der Waals surface area (Å²) in [6.45, 7) is 1.32. The Morgan fingerprint density at radius 2 is 1.69 bits per heavy atom. The fraction of sp³-hybridized carbons (Fsp3) is 0.417. The molecule has 2 amide bonds. The Balaban J connectivity index is 1.40. The Hall–Kier alpha value is -2.66. The Morgan fingerprint density at radius 3 is 2.34 bits per heavy atom. The van der Waals surface area contributed by atoms with Crippen molar-refractivity contribution in [2.75, 3.05) is 18.5 Å². The predicted octanol–water partition coefficient (Wildman–Crippen LogP) is 4.05. The van der Waals surface area contributed by atoms with Crippen LogP contribution in [0.3, 0.4) is 0 Å². The molecule has 1 saturated heterocycles. The predicted molar refractivity (Wildman–Crippen MR) is 113 cm³/mol. The number of rotatable bonds is 6. The van der Waals surface area contributed by atoms with Crippen molar-refractivity contribution in [2.45, 2.75) is 50.0 Å². The molecule has 1 atom stereocenters. The van der Waals surface area contributed by atoms with Gasteiger partial charge in [-0.1, -0.05) is 43.2 Å². The van der Waals surface area contributed by atoms with Crippen molar-refractivity contribution >= 4 is 17.5 Å². The second-order valence-corrected chi connectivity index (χ2v) is 8.03. The molecule has 152 valence electrons. The van der Waals surface area contributed by atoms with E-state index in [0.717, 1.165) is 50.7 Å². The van der Waals surface area contributed by atoms with E-state index in [1.165, 1.54) is 0 Å².